The van der Waals surface area contributed by atoms with Gasteiger partial charge in [-0.05, 0) is 47.9 Å². The van der Waals surface area contributed by atoms with Gasteiger partial charge < -0.3 is 14.8 Å². The Morgan fingerprint density at radius 3 is 2.13 bits per heavy atom. The number of benzene rings is 2. The van der Waals surface area contributed by atoms with E-state index in [0.717, 1.165) is 12.1 Å². The molecule has 0 bridgehead atoms. The minimum absolute atomic E-state index is 0.0532. The first-order chi connectivity index (χ1) is 14.4. The quantitative estimate of drug-likeness (QED) is 0.625. The van der Waals surface area contributed by atoms with Gasteiger partial charge in [-0.3, -0.25) is 0 Å². The summed E-state index contributed by atoms with van der Waals surface area (Å²) in [7, 11) is 0. The molecule has 0 radical (unpaired) electrons. The number of rotatable bonds is 5. The fraction of sp³-hybridized carbons (Fsp3) is 0.400. The molecule has 0 spiro atoms. The zero-order valence-electron chi connectivity index (χ0n) is 15.8. The van der Waals surface area contributed by atoms with E-state index in [9.17, 15) is 35.1 Å². The van der Waals surface area contributed by atoms with Crippen LogP contribution in [0.3, 0.4) is 0 Å². The van der Waals surface area contributed by atoms with Crippen LogP contribution >= 0.6 is 0 Å². The molecule has 0 aromatic heterocycles. The van der Waals surface area contributed by atoms with Crippen LogP contribution in [0.25, 0.3) is 0 Å². The molecule has 2 aromatic rings. The first-order valence-corrected chi connectivity index (χ1v) is 9.15. The van der Waals surface area contributed by atoms with Crippen molar-refractivity contribution < 1.29 is 44.6 Å². The van der Waals surface area contributed by atoms with Gasteiger partial charge in [0.25, 0.3) is 0 Å². The molecule has 3 nitrogen and oxygen atoms in total. The third-order valence-electron chi connectivity index (χ3n) is 4.64. The predicted octanol–water partition coefficient (Wildman–Crippen LogP) is 5.25. The van der Waals surface area contributed by atoms with Crippen molar-refractivity contribution in [2.75, 3.05) is 19.8 Å². The van der Waals surface area contributed by atoms with Crippen LogP contribution in [0.15, 0.2) is 36.4 Å². The number of morpholine rings is 1. The maximum absolute atomic E-state index is 13.5. The summed E-state index contributed by atoms with van der Waals surface area (Å²) in [5, 5.41) is 3.00. The van der Waals surface area contributed by atoms with Gasteiger partial charge in [-0.15, -0.1) is 0 Å². The molecule has 11 heteroatoms. The molecule has 31 heavy (non-hydrogen) atoms. The lowest BCUT2D eigenvalue weighted by Gasteiger charge is -2.33. The largest absolute Gasteiger partial charge is 0.416 e. The van der Waals surface area contributed by atoms with Crippen molar-refractivity contribution >= 4 is 0 Å². The Labute approximate surface area is 172 Å². The maximum atomic E-state index is 13.5. The average Bonchev–Trinajstić information content (AvgIpc) is 2.69. The first kappa shape index (κ1) is 23.4. The van der Waals surface area contributed by atoms with Crippen LogP contribution in [-0.2, 0) is 28.2 Å². The summed E-state index contributed by atoms with van der Waals surface area (Å²) in [6.07, 6.45) is -11.1. The number of nitrogens with one attached hydrogen (secondary N) is 1. The molecule has 1 fully saturated rings. The van der Waals surface area contributed by atoms with Gasteiger partial charge in [-0.1, -0.05) is 6.07 Å². The summed E-state index contributed by atoms with van der Waals surface area (Å²) in [6.45, 7) is 0.337. The normalized spacial score (nSPS) is 20.1. The van der Waals surface area contributed by atoms with Crippen LogP contribution in [0.1, 0.15) is 28.3 Å². The van der Waals surface area contributed by atoms with Crippen molar-refractivity contribution in [2.45, 2.75) is 31.1 Å². The fourth-order valence-corrected chi connectivity index (χ4v) is 3.16. The Bertz CT molecular complexity index is 881. The molecule has 0 unspecified atom stereocenters. The van der Waals surface area contributed by atoms with Gasteiger partial charge in [0.2, 0.25) is 0 Å². The van der Waals surface area contributed by atoms with E-state index in [1.165, 1.54) is 6.07 Å². The second-order valence-electron chi connectivity index (χ2n) is 6.88. The molecule has 1 N–H and O–H groups in total. The molecule has 0 saturated carbocycles. The highest BCUT2D eigenvalue weighted by atomic mass is 19.4. The average molecular weight is 455 g/mol. The molecule has 3 rings (SSSR count). The number of hydrogen-bond donors (Lipinski definition) is 1. The Morgan fingerprint density at radius 1 is 0.903 bits per heavy atom. The Morgan fingerprint density at radius 2 is 1.55 bits per heavy atom. The Hall–Kier alpha value is -2.24. The second kappa shape index (κ2) is 9.09. The Kier molecular flexibility index (Phi) is 6.87. The SMILES string of the molecule is Fc1ccc([C@@H]2NCCO[C@H]2OCCc2cc(C(F)(F)F)cc(C(F)(F)F)c2)cc1F. The van der Waals surface area contributed by atoms with Crippen molar-refractivity contribution in [3.8, 4) is 0 Å². The van der Waals surface area contributed by atoms with Crippen LogP contribution in [0.2, 0.25) is 0 Å². The topological polar surface area (TPSA) is 30.5 Å². The number of halogens is 8. The smallest absolute Gasteiger partial charge is 0.350 e. The lowest BCUT2D eigenvalue weighted by atomic mass is 10.0. The van der Waals surface area contributed by atoms with Gasteiger partial charge in [-0.25, -0.2) is 8.78 Å². The van der Waals surface area contributed by atoms with Crippen molar-refractivity contribution in [3.63, 3.8) is 0 Å². The summed E-state index contributed by atoms with van der Waals surface area (Å²) >= 11 is 0. The third-order valence-corrected chi connectivity index (χ3v) is 4.64. The zero-order valence-corrected chi connectivity index (χ0v) is 15.8. The minimum Gasteiger partial charge on any atom is -0.350 e. The van der Waals surface area contributed by atoms with Gasteiger partial charge in [0.15, 0.2) is 17.9 Å². The van der Waals surface area contributed by atoms with Crippen molar-refractivity contribution in [1.82, 2.24) is 5.32 Å². The molecule has 2 atom stereocenters. The molecular weight excluding hydrogens is 438 g/mol. The highest BCUT2D eigenvalue weighted by Crippen LogP contribution is 2.36. The van der Waals surface area contributed by atoms with Gasteiger partial charge in [-0.2, -0.15) is 26.3 Å². The molecule has 170 valence electrons. The highest BCUT2D eigenvalue weighted by Gasteiger charge is 2.37. The molecule has 1 aliphatic heterocycles. The summed E-state index contributed by atoms with van der Waals surface area (Å²) in [5.74, 6) is -2.12. The van der Waals surface area contributed by atoms with E-state index in [1.54, 1.807) is 0 Å². The van der Waals surface area contributed by atoms with Crippen LogP contribution in [0, 0.1) is 11.6 Å². The van der Waals surface area contributed by atoms with Crippen LogP contribution < -0.4 is 5.32 Å². The van der Waals surface area contributed by atoms with E-state index in [-0.39, 0.29) is 31.3 Å². The van der Waals surface area contributed by atoms with E-state index >= 15 is 0 Å². The van der Waals surface area contributed by atoms with E-state index in [4.69, 9.17) is 9.47 Å². The number of alkyl halides is 6. The maximum Gasteiger partial charge on any atom is 0.416 e. The summed E-state index contributed by atoms with van der Waals surface area (Å²) < 4.78 is 115. The van der Waals surface area contributed by atoms with E-state index in [0.29, 0.717) is 24.2 Å². The summed E-state index contributed by atoms with van der Waals surface area (Å²) in [6, 6.07) is 3.83. The first-order valence-electron chi connectivity index (χ1n) is 9.15. The minimum atomic E-state index is -4.94. The van der Waals surface area contributed by atoms with Gasteiger partial charge >= 0.3 is 12.4 Å². The summed E-state index contributed by atoms with van der Waals surface area (Å²) in [5.41, 5.74) is -2.71. The van der Waals surface area contributed by atoms with Crippen LogP contribution in [0.4, 0.5) is 35.1 Å². The molecule has 0 amide bonds. The molecule has 1 heterocycles. The lowest BCUT2D eigenvalue weighted by molar-refractivity contribution is -0.177. The molecule has 1 aliphatic rings. The zero-order chi connectivity index (χ0) is 22.8. The van der Waals surface area contributed by atoms with Crippen LogP contribution in [0.5, 0.6) is 0 Å². The third kappa shape index (κ3) is 5.92. The van der Waals surface area contributed by atoms with Crippen LogP contribution in [-0.4, -0.2) is 26.0 Å². The molecule has 0 aliphatic carbocycles. The highest BCUT2D eigenvalue weighted by molar-refractivity contribution is 5.33. The van der Waals surface area contributed by atoms with Crippen molar-refractivity contribution in [2.24, 2.45) is 0 Å². The standard InChI is InChI=1S/C20H17F8NO2/c21-15-2-1-12(9-16(15)22)17-18(31-6-4-29-17)30-5-3-11-7-13(19(23,24)25)10-14(8-11)20(26,27)28/h1-2,7-10,17-18,29H,3-6H2/t17-,18+/m0/s1. The van der Waals surface area contributed by atoms with Crippen molar-refractivity contribution in [3.05, 3.63) is 70.3 Å². The van der Waals surface area contributed by atoms with E-state index in [2.05, 4.69) is 5.32 Å². The van der Waals surface area contributed by atoms with Crippen molar-refractivity contribution in [1.29, 1.82) is 0 Å². The van der Waals surface area contributed by atoms with E-state index in [1.807, 2.05) is 0 Å². The molecule has 2 aromatic carbocycles. The number of hydrogen-bond acceptors (Lipinski definition) is 3. The monoisotopic (exact) mass is 455 g/mol. The fourth-order valence-electron chi connectivity index (χ4n) is 3.16. The van der Waals surface area contributed by atoms with Gasteiger partial charge in [0.05, 0.1) is 30.4 Å². The Balaban J connectivity index is 1.72. The van der Waals surface area contributed by atoms with Gasteiger partial charge in [0.1, 0.15) is 0 Å². The molecule has 1 saturated heterocycles. The lowest BCUT2D eigenvalue weighted by Crippen LogP contribution is -2.43. The van der Waals surface area contributed by atoms with E-state index < -0.39 is 47.4 Å². The second-order valence-corrected chi connectivity index (χ2v) is 6.88. The predicted molar refractivity (Wildman–Crippen MR) is 92.9 cm³/mol. The summed E-state index contributed by atoms with van der Waals surface area (Å²) in [4.78, 5) is 0. The van der Waals surface area contributed by atoms with Gasteiger partial charge in [0, 0.05) is 6.54 Å². The molecular formula is C20H17F8NO2. The number of ether oxygens (including phenoxy) is 2.